The molecule has 2 N–H and O–H groups in total. The Morgan fingerprint density at radius 3 is 3.22 bits per heavy atom. The average molecular weight is 365 g/mol. The van der Waals surface area contributed by atoms with Crippen LogP contribution in [0.2, 0.25) is 0 Å². The van der Waals surface area contributed by atoms with Crippen molar-refractivity contribution in [1.29, 1.82) is 5.26 Å². The summed E-state index contributed by atoms with van der Waals surface area (Å²) >= 11 is 0. The highest BCUT2D eigenvalue weighted by Crippen LogP contribution is 2.33. The van der Waals surface area contributed by atoms with Gasteiger partial charge in [0.15, 0.2) is 0 Å². The molecule has 1 unspecified atom stereocenters. The van der Waals surface area contributed by atoms with Crippen molar-refractivity contribution >= 4 is 22.6 Å². The maximum Gasteiger partial charge on any atom is 0.236 e. The number of amides is 1. The van der Waals surface area contributed by atoms with E-state index in [0.717, 1.165) is 35.1 Å². The van der Waals surface area contributed by atoms with E-state index in [9.17, 15) is 4.79 Å². The largest absolute Gasteiger partial charge is 0.379 e. The average Bonchev–Trinajstić information content (AvgIpc) is 3.31. The van der Waals surface area contributed by atoms with Gasteiger partial charge in [-0.2, -0.15) is 10.2 Å². The monoisotopic (exact) mass is 365 g/mol. The number of aromatic nitrogens is 4. The molecule has 138 valence electrons. The van der Waals surface area contributed by atoms with Crippen LogP contribution in [0.25, 0.3) is 22.4 Å². The number of hydrogen-bond donors (Lipinski definition) is 2. The molecule has 9 nitrogen and oxygen atoms in total. The van der Waals surface area contributed by atoms with E-state index in [-0.39, 0.29) is 18.4 Å². The number of H-pyrrole nitrogens is 1. The number of aryl methyl sites for hydroxylation is 1. The molecule has 1 amide bonds. The summed E-state index contributed by atoms with van der Waals surface area (Å²) in [4.78, 5) is 25.7. The van der Waals surface area contributed by atoms with E-state index in [0.29, 0.717) is 24.8 Å². The number of carbonyl (C=O) groups is 1. The molecule has 1 fully saturated rings. The third-order valence-corrected chi connectivity index (χ3v) is 4.71. The molecule has 1 aliphatic rings. The zero-order valence-corrected chi connectivity index (χ0v) is 14.9. The Labute approximate surface area is 155 Å². The summed E-state index contributed by atoms with van der Waals surface area (Å²) < 4.78 is 5.12. The van der Waals surface area contributed by atoms with Crippen LogP contribution in [0.15, 0.2) is 23.0 Å². The first-order chi connectivity index (χ1) is 13.2. The van der Waals surface area contributed by atoms with Crippen molar-refractivity contribution in [2.24, 2.45) is 0 Å². The van der Waals surface area contributed by atoms with Crippen molar-refractivity contribution in [3.05, 3.63) is 24.4 Å². The molecule has 0 aromatic carbocycles. The third-order valence-electron chi connectivity index (χ3n) is 4.71. The SMILES string of the molecule is Cc1nc(-c2cnc3[nH]ccc3c2NC2CCCN(C(=O)CC#N)C2)no1. The second-order valence-corrected chi connectivity index (χ2v) is 6.58. The predicted octanol–water partition coefficient (Wildman–Crippen LogP) is 2.24. The van der Waals surface area contributed by atoms with Gasteiger partial charge in [0.05, 0.1) is 17.3 Å². The van der Waals surface area contributed by atoms with Crippen LogP contribution in [-0.2, 0) is 4.79 Å². The maximum absolute atomic E-state index is 12.1. The molecule has 0 saturated carbocycles. The summed E-state index contributed by atoms with van der Waals surface area (Å²) in [6, 6.07) is 3.94. The summed E-state index contributed by atoms with van der Waals surface area (Å²) in [5, 5.41) is 17.3. The van der Waals surface area contributed by atoms with Crippen molar-refractivity contribution in [2.75, 3.05) is 18.4 Å². The molecule has 0 aliphatic carbocycles. The zero-order chi connectivity index (χ0) is 18.8. The summed E-state index contributed by atoms with van der Waals surface area (Å²) in [5.74, 6) is 0.828. The minimum atomic E-state index is -0.125. The molecule has 0 radical (unpaired) electrons. The lowest BCUT2D eigenvalue weighted by Gasteiger charge is -2.33. The van der Waals surface area contributed by atoms with E-state index in [1.807, 2.05) is 18.3 Å². The van der Waals surface area contributed by atoms with Gasteiger partial charge in [-0.05, 0) is 18.9 Å². The molecule has 9 heteroatoms. The van der Waals surface area contributed by atoms with Crippen LogP contribution in [0.4, 0.5) is 5.69 Å². The topological polar surface area (TPSA) is 124 Å². The van der Waals surface area contributed by atoms with E-state index in [1.165, 1.54) is 0 Å². The molecule has 3 aromatic heterocycles. The molecule has 1 saturated heterocycles. The van der Waals surface area contributed by atoms with E-state index in [1.54, 1.807) is 18.0 Å². The fraction of sp³-hybridized carbons (Fsp3) is 0.389. The van der Waals surface area contributed by atoms with Gasteiger partial charge in [0.25, 0.3) is 0 Å². The first kappa shape index (κ1) is 17.0. The first-order valence-electron chi connectivity index (χ1n) is 8.83. The Kier molecular flexibility index (Phi) is 4.46. The summed E-state index contributed by atoms with van der Waals surface area (Å²) in [7, 11) is 0. The van der Waals surface area contributed by atoms with E-state index in [2.05, 4.69) is 25.4 Å². The molecule has 4 heterocycles. The fourth-order valence-electron chi connectivity index (χ4n) is 3.45. The third kappa shape index (κ3) is 3.33. The molecule has 1 atom stereocenters. The molecular formula is C18H19N7O2. The lowest BCUT2D eigenvalue weighted by molar-refractivity contribution is -0.131. The summed E-state index contributed by atoms with van der Waals surface area (Å²) in [5.41, 5.74) is 2.37. The van der Waals surface area contributed by atoms with Crippen molar-refractivity contribution in [3.63, 3.8) is 0 Å². The first-order valence-corrected chi connectivity index (χ1v) is 8.83. The number of rotatable bonds is 4. The summed E-state index contributed by atoms with van der Waals surface area (Å²) in [6.07, 6.45) is 5.27. The van der Waals surface area contributed by atoms with Gasteiger partial charge >= 0.3 is 0 Å². The number of fused-ring (bicyclic) bond motifs is 1. The number of likely N-dealkylation sites (tertiary alicyclic amines) is 1. The number of pyridine rings is 1. The second-order valence-electron chi connectivity index (χ2n) is 6.58. The highest BCUT2D eigenvalue weighted by molar-refractivity contribution is 5.97. The van der Waals surface area contributed by atoms with Crippen molar-refractivity contribution in [1.82, 2.24) is 25.0 Å². The van der Waals surface area contributed by atoms with Crippen LogP contribution in [0, 0.1) is 18.3 Å². The highest BCUT2D eigenvalue weighted by atomic mass is 16.5. The maximum atomic E-state index is 12.1. The van der Waals surface area contributed by atoms with Gasteiger partial charge in [0.2, 0.25) is 17.6 Å². The van der Waals surface area contributed by atoms with Crippen molar-refractivity contribution < 1.29 is 9.32 Å². The van der Waals surface area contributed by atoms with E-state index < -0.39 is 0 Å². The van der Waals surface area contributed by atoms with Gasteiger partial charge in [-0.15, -0.1) is 0 Å². The van der Waals surface area contributed by atoms with Gasteiger partial charge in [0.1, 0.15) is 12.1 Å². The van der Waals surface area contributed by atoms with Crippen LogP contribution >= 0.6 is 0 Å². The van der Waals surface area contributed by atoms with Crippen molar-refractivity contribution in [3.8, 4) is 17.5 Å². The zero-order valence-electron chi connectivity index (χ0n) is 14.9. The Balaban J connectivity index is 1.65. The molecule has 0 spiro atoms. The molecule has 27 heavy (non-hydrogen) atoms. The minimum Gasteiger partial charge on any atom is -0.379 e. The van der Waals surface area contributed by atoms with Crippen LogP contribution < -0.4 is 5.32 Å². The number of nitrogens with one attached hydrogen (secondary N) is 2. The number of nitrogens with zero attached hydrogens (tertiary/aromatic N) is 5. The normalized spacial score (nSPS) is 17.0. The van der Waals surface area contributed by atoms with Gasteiger partial charge < -0.3 is 19.7 Å². The van der Waals surface area contributed by atoms with Crippen LogP contribution in [0.3, 0.4) is 0 Å². The Morgan fingerprint density at radius 1 is 1.56 bits per heavy atom. The number of piperidine rings is 1. The fourth-order valence-corrected chi connectivity index (χ4v) is 3.45. The Hall–Kier alpha value is -3.41. The minimum absolute atomic E-state index is 0.0636. The molecule has 3 aromatic rings. The van der Waals surface area contributed by atoms with Crippen molar-refractivity contribution in [2.45, 2.75) is 32.2 Å². The van der Waals surface area contributed by atoms with Gasteiger partial charge in [0, 0.05) is 43.8 Å². The van der Waals surface area contributed by atoms with Crippen LogP contribution in [-0.4, -0.2) is 50.0 Å². The number of anilines is 1. The predicted molar refractivity (Wildman–Crippen MR) is 97.6 cm³/mol. The van der Waals surface area contributed by atoms with E-state index in [4.69, 9.17) is 9.78 Å². The molecule has 4 rings (SSSR count). The second kappa shape index (κ2) is 7.07. The van der Waals surface area contributed by atoms with E-state index >= 15 is 0 Å². The highest BCUT2D eigenvalue weighted by Gasteiger charge is 2.25. The summed E-state index contributed by atoms with van der Waals surface area (Å²) in [6.45, 7) is 2.98. The quantitative estimate of drug-likeness (QED) is 0.726. The molecular weight excluding hydrogens is 346 g/mol. The number of carbonyl (C=O) groups excluding carboxylic acids is 1. The molecule has 1 aliphatic heterocycles. The Bertz CT molecular complexity index is 1020. The molecule has 0 bridgehead atoms. The smallest absolute Gasteiger partial charge is 0.236 e. The number of hydrogen-bond acceptors (Lipinski definition) is 7. The van der Waals surface area contributed by atoms with Gasteiger partial charge in [-0.25, -0.2) is 4.98 Å². The van der Waals surface area contributed by atoms with Gasteiger partial charge in [-0.3, -0.25) is 4.79 Å². The van der Waals surface area contributed by atoms with Crippen LogP contribution in [0.5, 0.6) is 0 Å². The van der Waals surface area contributed by atoms with Gasteiger partial charge in [-0.1, -0.05) is 5.16 Å². The lowest BCUT2D eigenvalue weighted by Crippen LogP contribution is -2.45. The lowest BCUT2D eigenvalue weighted by atomic mass is 10.0. The standard InChI is InChI=1S/C18H19N7O2/c1-11-22-18(24-27-11)14-9-21-17-13(5-7-20-17)16(14)23-12-3-2-8-25(10-12)15(26)4-6-19/h5,7,9,12H,2-4,8,10H2,1H3,(H2,20,21,23). The van der Waals surface area contributed by atoms with Crippen LogP contribution in [0.1, 0.15) is 25.2 Å². The number of aromatic amines is 1. The number of nitriles is 1. The Morgan fingerprint density at radius 2 is 2.44 bits per heavy atom.